The van der Waals surface area contributed by atoms with Gasteiger partial charge in [-0.2, -0.15) is 5.26 Å². The van der Waals surface area contributed by atoms with Crippen LogP contribution in [0.25, 0.3) is 0 Å². The van der Waals surface area contributed by atoms with Crippen LogP contribution in [0.4, 0.5) is 5.69 Å². The van der Waals surface area contributed by atoms with Crippen molar-refractivity contribution in [2.75, 3.05) is 12.8 Å². The molecule has 21 heavy (non-hydrogen) atoms. The summed E-state index contributed by atoms with van der Waals surface area (Å²) in [6, 6.07) is 7.79. The summed E-state index contributed by atoms with van der Waals surface area (Å²) in [7, 11) is 1.46. The average Bonchev–Trinajstić information content (AvgIpc) is 2.48. The molecule has 3 N–H and O–H groups in total. The van der Waals surface area contributed by atoms with Crippen LogP contribution in [0.1, 0.15) is 15.9 Å². The molecule has 7 nitrogen and oxygen atoms in total. The first-order valence-electron chi connectivity index (χ1n) is 5.80. The number of hydrogen-bond donors (Lipinski definition) is 2. The lowest BCUT2D eigenvalue weighted by Gasteiger charge is -2.10. The molecule has 0 saturated heterocycles. The highest BCUT2D eigenvalue weighted by Crippen LogP contribution is 2.30. The standard InChI is InChI=1S/C14H11N3O4/c1-20-9-4-8(7-15)5-10(6-9)21-13-12(16)11(14(18)19)2-3-17-13/h2-6H,16H2,1H3,(H,18,19). The molecule has 0 atom stereocenters. The Morgan fingerprint density at radius 3 is 2.71 bits per heavy atom. The third-order valence-electron chi connectivity index (χ3n) is 2.64. The van der Waals surface area contributed by atoms with Crippen LogP contribution in [0, 0.1) is 11.3 Å². The highest BCUT2D eigenvalue weighted by atomic mass is 16.5. The third kappa shape index (κ3) is 3.01. The zero-order valence-electron chi connectivity index (χ0n) is 11.0. The van der Waals surface area contributed by atoms with Crippen LogP contribution in [0.15, 0.2) is 30.5 Å². The smallest absolute Gasteiger partial charge is 0.338 e. The van der Waals surface area contributed by atoms with E-state index in [2.05, 4.69) is 4.98 Å². The number of nitrogen functional groups attached to an aromatic ring is 1. The van der Waals surface area contributed by atoms with Gasteiger partial charge in [-0.15, -0.1) is 0 Å². The number of hydrogen-bond acceptors (Lipinski definition) is 6. The molecule has 0 unspecified atom stereocenters. The van der Waals surface area contributed by atoms with Gasteiger partial charge in [0.25, 0.3) is 0 Å². The second-order valence-electron chi connectivity index (χ2n) is 3.99. The highest BCUT2D eigenvalue weighted by molar-refractivity contribution is 5.94. The summed E-state index contributed by atoms with van der Waals surface area (Å²) in [5, 5.41) is 17.9. The summed E-state index contributed by atoms with van der Waals surface area (Å²) in [6.45, 7) is 0. The minimum atomic E-state index is -1.18. The molecular weight excluding hydrogens is 274 g/mol. The number of rotatable bonds is 4. The molecule has 0 aliphatic rings. The molecular formula is C14H11N3O4. The maximum absolute atomic E-state index is 11.0. The Balaban J connectivity index is 2.41. The van der Waals surface area contributed by atoms with Crippen molar-refractivity contribution in [1.29, 1.82) is 5.26 Å². The van der Waals surface area contributed by atoms with E-state index in [-0.39, 0.29) is 22.9 Å². The Morgan fingerprint density at radius 1 is 1.38 bits per heavy atom. The van der Waals surface area contributed by atoms with E-state index in [0.717, 1.165) is 0 Å². The van der Waals surface area contributed by atoms with E-state index >= 15 is 0 Å². The Morgan fingerprint density at radius 2 is 2.10 bits per heavy atom. The van der Waals surface area contributed by atoms with Gasteiger partial charge in [-0.25, -0.2) is 9.78 Å². The maximum Gasteiger partial charge on any atom is 0.338 e. The molecule has 106 valence electrons. The van der Waals surface area contributed by atoms with Crippen LogP contribution < -0.4 is 15.2 Å². The molecule has 7 heteroatoms. The SMILES string of the molecule is COc1cc(C#N)cc(Oc2nccc(C(=O)O)c2N)c1. The third-order valence-corrected chi connectivity index (χ3v) is 2.64. The minimum absolute atomic E-state index is 0.0490. The van der Waals surface area contributed by atoms with Crippen molar-refractivity contribution >= 4 is 11.7 Å². The molecule has 0 amide bonds. The highest BCUT2D eigenvalue weighted by Gasteiger charge is 2.14. The van der Waals surface area contributed by atoms with Crippen LogP contribution in [-0.2, 0) is 0 Å². The second-order valence-corrected chi connectivity index (χ2v) is 3.99. The average molecular weight is 285 g/mol. The van der Waals surface area contributed by atoms with E-state index in [1.807, 2.05) is 6.07 Å². The van der Waals surface area contributed by atoms with Crippen LogP contribution in [-0.4, -0.2) is 23.2 Å². The van der Waals surface area contributed by atoms with Crippen molar-refractivity contribution < 1.29 is 19.4 Å². The molecule has 0 spiro atoms. The number of carboxylic acid groups (broad SMARTS) is 1. The first-order chi connectivity index (χ1) is 10.0. The van der Waals surface area contributed by atoms with Crippen molar-refractivity contribution in [2.45, 2.75) is 0 Å². The Labute approximate surface area is 120 Å². The lowest BCUT2D eigenvalue weighted by molar-refractivity contribution is 0.0697. The number of benzene rings is 1. The van der Waals surface area contributed by atoms with Crippen LogP contribution in [0.3, 0.4) is 0 Å². The molecule has 0 aliphatic heterocycles. The fourth-order valence-electron chi connectivity index (χ4n) is 1.65. The maximum atomic E-state index is 11.0. The van der Waals surface area contributed by atoms with Gasteiger partial charge in [-0.05, 0) is 18.2 Å². The van der Waals surface area contributed by atoms with Gasteiger partial charge < -0.3 is 20.3 Å². The second kappa shape index (κ2) is 5.79. The van der Waals surface area contributed by atoms with Gasteiger partial charge in [0.05, 0.1) is 24.3 Å². The van der Waals surface area contributed by atoms with Gasteiger partial charge in [0.15, 0.2) is 0 Å². The van der Waals surface area contributed by atoms with Crippen LogP contribution >= 0.6 is 0 Å². The summed E-state index contributed by atoms with van der Waals surface area (Å²) in [4.78, 5) is 14.9. The topological polar surface area (TPSA) is 118 Å². The van der Waals surface area contributed by atoms with E-state index in [0.29, 0.717) is 11.3 Å². The molecule has 2 rings (SSSR count). The number of ether oxygens (including phenoxy) is 2. The van der Waals surface area contributed by atoms with Gasteiger partial charge in [0.1, 0.15) is 17.2 Å². The number of methoxy groups -OCH3 is 1. The summed E-state index contributed by atoms with van der Waals surface area (Å²) in [5.41, 5.74) is 5.84. The number of nitrogens with two attached hydrogens (primary N) is 1. The first-order valence-corrected chi connectivity index (χ1v) is 5.80. The Kier molecular flexibility index (Phi) is 3.90. The van der Waals surface area contributed by atoms with Gasteiger partial charge in [-0.3, -0.25) is 0 Å². The molecule has 0 fully saturated rings. The van der Waals surface area contributed by atoms with Gasteiger partial charge in [-0.1, -0.05) is 0 Å². The summed E-state index contributed by atoms with van der Waals surface area (Å²) in [6.07, 6.45) is 1.28. The van der Waals surface area contributed by atoms with Crippen molar-refractivity contribution in [3.05, 3.63) is 41.6 Å². The number of anilines is 1. The fourth-order valence-corrected chi connectivity index (χ4v) is 1.65. The first kappa shape index (κ1) is 14.1. The van der Waals surface area contributed by atoms with Crippen LogP contribution in [0.5, 0.6) is 17.4 Å². The van der Waals surface area contributed by atoms with E-state index in [1.165, 1.54) is 37.6 Å². The zero-order chi connectivity index (χ0) is 15.4. The number of carboxylic acids is 1. The molecule has 0 radical (unpaired) electrons. The van der Waals surface area contributed by atoms with Gasteiger partial charge in [0, 0.05) is 12.3 Å². The molecule has 1 heterocycles. The van der Waals surface area contributed by atoms with Gasteiger partial charge in [0.2, 0.25) is 5.88 Å². The predicted molar refractivity (Wildman–Crippen MR) is 73.4 cm³/mol. The van der Waals surface area contributed by atoms with Crippen LogP contribution in [0.2, 0.25) is 0 Å². The molecule has 0 aliphatic carbocycles. The Bertz CT molecular complexity index is 737. The van der Waals surface area contributed by atoms with Crippen molar-refractivity contribution in [2.24, 2.45) is 0 Å². The van der Waals surface area contributed by atoms with E-state index in [9.17, 15) is 4.79 Å². The minimum Gasteiger partial charge on any atom is -0.497 e. The number of carbonyl (C=O) groups is 1. The predicted octanol–water partition coefficient (Wildman–Crippen LogP) is 2.03. The van der Waals surface area contributed by atoms with Crippen molar-refractivity contribution in [3.63, 3.8) is 0 Å². The monoisotopic (exact) mass is 285 g/mol. The normalized spacial score (nSPS) is 9.71. The Hall–Kier alpha value is -3.27. The summed E-state index contributed by atoms with van der Waals surface area (Å²) >= 11 is 0. The lowest BCUT2D eigenvalue weighted by atomic mass is 10.2. The fraction of sp³-hybridized carbons (Fsp3) is 0.0714. The quantitative estimate of drug-likeness (QED) is 0.882. The number of aromatic nitrogens is 1. The molecule has 0 bridgehead atoms. The lowest BCUT2D eigenvalue weighted by Crippen LogP contribution is -2.05. The van der Waals surface area contributed by atoms with E-state index in [1.54, 1.807) is 0 Å². The number of nitrogens with zero attached hydrogens (tertiary/aromatic N) is 2. The van der Waals surface area contributed by atoms with Crippen molar-refractivity contribution in [3.8, 4) is 23.4 Å². The van der Waals surface area contributed by atoms with E-state index in [4.69, 9.17) is 25.6 Å². The molecule has 1 aromatic heterocycles. The number of pyridine rings is 1. The number of nitriles is 1. The molecule has 2 aromatic rings. The summed E-state index contributed by atoms with van der Waals surface area (Å²) < 4.78 is 10.5. The largest absolute Gasteiger partial charge is 0.497 e. The molecule has 1 aromatic carbocycles. The number of aromatic carboxylic acids is 1. The summed E-state index contributed by atoms with van der Waals surface area (Å²) in [5.74, 6) is -0.528. The van der Waals surface area contributed by atoms with Gasteiger partial charge >= 0.3 is 5.97 Å². The molecule has 0 saturated carbocycles. The van der Waals surface area contributed by atoms with E-state index < -0.39 is 5.97 Å². The zero-order valence-corrected chi connectivity index (χ0v) is 11.0. The van der Waals surface area contributed by atoms with Crippen molar-refractivity contribution in [1.82, 2.24) is 4.98 Å².